The fourth-order valence-electron chi connectivity index (χ4n) is 3.32. The Balaban J connectivity index is 1.55. The van der Waals surface area contributed by atoms with Gasteiger partial charge in [-0.25, -0.2) is 4.79 Å². The molecule has 1 aliphatic rings. The zero-order chi connectivity index (χ0) is 23.7. The van der Waals surface area contributed by atoms with E-state index in [1.54, 1.807) is 24.3 Å². The smallest absolute Gasteiger partial charge is 0.434 e. The number of anilines is 1. The van der Waals surface area contributed by atoms with Crippen molar-refractivity contribution in [2.45, 2.75) is 24.9 Å². The van der Waals surface area contributed by atoms with Crippen LogP contribution in [0.5, 0.6) is 0 Å². The lowest BCUT2D eigenvalue weighted by atomic mass is 9.97. The van der Waals surface area contributed by atoms with Gasteiger partial charge in [-0.15, -0.1) is 0 Å². The molecule has 1 aliphatic heterocycles. The lowest BCUT2D eigenvalue weighted by molar-refractivity contribution is -0.309. The highest BCUT2D eigenvalue weighted by Crippen LogP contribution is 2.36. The quantitative estimate of drug-likeness (QED) is 0.451. The largest absolute Gasteiger partial charge is 0.755 e. The molecule has 0 spiro atoms. The molecule has 0 saturated carbocycles. The molecule has 6 nitrogen and oxygen atoms in total. The molecule has 1 amide bonds. The van der Waals surface area contributed by atoms with E-state index in [-0.39, 0.29) is 32.0 Å². The van der Waals surface area contributed by atoms with E-state index >= 15 is 0 Å². The molecule has 13 heteroatoms. The number of carbonyl (C=O) groups is 1. The number of hydrogen-bond acceptors (Lipinski definition) is 4. The average Bonchev–Trinajstić information content (AvgIpc) is 2.65. The number of carbonyl (C=O) groups excluding carboxylic acids is 1. The van der Waals surface area contributed by atoms with Crippen molar-refractivity contribution in [2.24, 2.45) is 5.92 Å². The molecule has 0 radical (unpaired) electrons. The van der Waals surface area contributed by atoms with Crippen molar-refractivity contribution in [1.82, 2.24) is 4.90 Å². The molecule has 1 saturated heterocycles. The van der Waals surface area contributed by atoms with Gasteiger partial charge < -0.3 is 18.5 Å². The topological polar surface area (TPSA) is 72.9 Å². The normalized spacial score (nSPS) is 16.2. The summed E-state index contributed by atoms with van der Waals surface area (Å²) in [6.07, 6.45) is -17.2. The number of nitrogens with zero attached hydrogens (tertiary/aromatic N) is 2. The number of hydrogen-bond donors (Lipinski definition) is 0. The predicted octanol–water partition coefficient (Wildman–Crippen LogP) is 4.39. The van der Waals surface area contributed by atoms with E-state index in [0.717, 1.165) is 15.1 Å². The maximum absolute atomic E-state index is 12.5. The van der Waals surface area contributed by atoms with Gasteiger partial charge in [0.05, 0.1) is 0 Å². The predicted molar refractivity (Wildman–Crippen MR) is 102 cm³/mol. The van der Waals surface area contributed by atoms with Gasteiger partial charge in [0.1, 0.15) is 0 Å². The molecule has 1 unspecified atom stereocenters. The molecule has 176 valence electrons. The van der Waals surface area contributed by atoms with Gasteiger partial charge in [-0.1, -0.05) is 30.3 Å². The number of halogens is 6. The van der Waals surface area contributed by atoms with Crippen LogP contribution in [0.1, 0.15) is 6.42 Å². The third-order valence-electron chi connectivity index (χ3n) is 4.97. The molecular formula is C19H17F6N2O4S-. The van der Waals surface area contributed by atoms with Gasteiger partial charge in [0, 0.05) is 36.6 Å². The van der Waals surface area contributed by atoms with Gasteiger partial charge in [-0.2, -0.15) is 26.3 Å². The summed E-state index contributed by atoms with van der Waals surface area (Å²) in [4.78, 5) is 12.4. The summed E-state index contributed by atoms with van der Waals surface area (Å²) in [5.74, 6) is -0.302. The molecule has 0 N–H and O–H groups in total. The second-order valence-electron chi connectivity index (χ2n) is 7.26. The molecule has 0 aromatic heterocycles. The molecule has 2 aromatic carbocycles. The number of fused-ring (bicyclic) bond motifs is 1. The van der Waals surface area contributed by atoms with Crippen LogP contribution < -0.4 is 4.31 Å². The van der Waals surface area contributed by atoms with Gasteiger partial charge in [0.25, 0.3) is 6.10 Å². The van der Waals surface area contributed by atoms with E-state index in [4.69, 9.17) is 0 Å². The first-order chi connectivity index (χ1) is 14.9. The number of alkyl halides is 6. The fraction of sp³-hybridized carbons (Fsp3) is 0.421. The van der Waals surface area contributed by atoms with Crippen molar-refractivity contribution in [3.05, 3.63) is 42.5 Å². The van der Waals surface area contributed by atoms with Crippen molar-refractivity contribution in [3.8, 4) is 0 Å². The lowest BCUT2D eigenvalue weighted by Gasteiger charge is -2.40. The second-order valence-corrected chi connectivity index (χ2v) is 8.13. The highest BCUT2D eigenvalue weighted by atomic mass is 32.2. The van der Waals surface area contributed by atoms with Gasteiger partial charge >= 0.3 is 18.4 Å². The van der Waals surface area contributed by atoms with Crippen molar-refractivity contribution in [1.29, 1.82) is 0 Å². The van der Waals surface area contributed by atoms with Crippen LogP contribution in [-0.2, 0) is 16.0 Å². The van der Waals surface area contributed by atoms with Crippen molar-refractivity contribution < 1.29 is 44.6 Å². The average molecular weight is 483 g/mol. The zero-order valence-corrected chi connectivity index (χ0v) is 17.0. The lowest BCUT2D eigenvalue weighted by Crippen LogP contribution is -2.54. The molecule has 1 atom stereocenters. The van der Waals surface area contributed by atoms with Crippen molar-refractivity contribution in [3.63, 3.8) is 0 Å². The fourth-order valence-corrected chi connectivity index (χ4v) is 3.86. The highest BCUT2D eigenvalue weighted by Gasteiger charge is 2.60. The molecule has 3 rings (SSSR count). The number of amides is 1. The summed E-state index contributed by atoms with van der Waals surface area (Å²) < 4.78 is 103. The Hall–Kier alpha value is -2.54. The SMILES string of the molecule is O=C(OC(C(F)(F)F)C(F)(F)F)N1CC(CCN(c2ccc3ccccc3c2)S(=O)[O-])C1. The number of ether oxygens (including phenoxy) is 1. The van der Waals surface area contributed by atoms with Crippen LogP contribution in [0.25, 0.3) is 10.8 Å². The Kier molecular flexibility index (Phi) is 6.89. The summed E-state index contributed by atoms with van der Waals surface area (Å²) in [7, 11) is 0. The van der Waals surface area contributed by atoms with Crippen molar-refractivity contribution >= 4 is 33.8 Å². The minimum atomic E-state index is -5.78. The number of benzene rings is 2. The second kappa shape index (κ2) is 9.14. The van der Waals surface area contributed by atoms with Crippen LogP contribution in [0.2, 0.25) is 0 Å². The summed E-state index contributed by atoms with van der Waals surface area (Å²) in [6, 6.07) is 12.4. The molecule has 1 heterocycles. The summed E-state index contributed by atoms with van der Waals surface area (Å²) in [5, 5.41) is 1.74. The maximum atomic E-state index is 12.5. The Morgan fingerprint density at radius 1 is 1.09 bits per heavy atom. The number of rotatable bonds is 6. The Morgan fingerprint density at radius 3 is 2.25 bits per heavy atom. The first kappa shape index (κ1) is 24.1. The van der Waals surface area contributed by atoms with Crippen LogP contribution in [0.3, 0.4) is 0 Å². The minimum absolute atomic E-state index is 0.0235. The molecule has 32 heavy (non-hydrogen) atoms. The molecule has 0 aliphatic carbocycles. The maximum Gasteiger partial charge on any atom is 0.434 e. The molecular weight excluding hydrogens is 466 g/mol. The third kappa shape index (κ3) is 5.63. The highest BCUT2D eigenvalue weighted by molar-refractivity contribution is 7.80. The van der Waals surface area contributed by atoms with Crippen LogP contribution in [0.15, 0.2) is 42.5 Å². The number of likely N-dealkylation sites (tertiary alicyclic amines) is 1. The van der Waals surface area contributed by atoms with Gasteiger partial charge in [-0.3, -0.25) is 4.21 Å². The van der Waals surface area contributed by atoms with Crippen LogP contribution >= 0.6 is 0 Å². The van der Waals surface area contributed by atoms with Gasteiger partial charge in [0.2, 0.25) is 0 Å². The third-order valence-corrected chi connectivity index (χ3v) is 5.72. The van der Waals surface area contributed by atoms with Crippen LogP contribution in [-0.4, -0.2) is 57.8 Å². The summed E-state index contributed by atoms with van der Waals surface area (Å²) >= 11 is -2.61. The first-order valence-corrected chi connectivity index (χ1v) is 10.3. The molecule has 1 fully saturated rings. The van der Waals surface area contributed by atoms with Gasteiger partial charge in [0.15, 0.2) is 0 Å². The van der Waals surface area contributed by atoms with Crippen molar-refractivity contribution in [2.75, 3.05) is 23.9 Å². The first-order valence-electron chi connectivity index (χ1n) is 9.31. The Bertz CT molecular complexity index is 980. The zero-order valence-electron chi connectivity index (χ0n) is 16.2. The standard InChI is InChI=1S/C19H18F6N2O4S/c20-18(21,22)16(19(23,24)25)31-17(28)26-10-12(11-26)7-8-27(32(29)30)15-6-5-13-3-1-2-4-14(13)9-15/h1-6,9,12,16H,7-8,10-11H2,(H,29,30)/p-1. The summed E-state index contributed by atoms with van der Waals surface area (Å²) in [6.45, 7) is -0.258. The van der Waals surface area contributed by atoms with Crippen LogP contribution in [0, 0.1) is 5.92 Å². The van der Waals surface area contributed by atoms with E-state index in [1.807, 2.05) is 18.2 Å². The van der Waals surface area contributed by atoms with E-state index in [0.29, 0.717) is 10.6 Å². The van der Waals surface area contributed by atoms with E-state index in [2.05, 4.69) is 4.74 Å². The monoisotopic (exact) mass is 483 g/mol. The van der Waals surface area contributed by atoms with Gasteiger partial charge in [-0.05, 0) is 35.2 Å². The van der Waals surface area contributed by atoms with E-state index < -0.39 is 35.8 Å². The van der Waals surface area contributed by atoms with E-state index in [9.17, 15) is 39.9 Å². The Morgan fingerprint density at radius 2 is 1.69 bits per heavy atom. The van der Waals surface area contributed by atoms with Crippen LogP contribution in [0.4, 0.5) is 36.8 Å². The van der Waals surface area contributed by atoms with E-state index in [1.165, 1.54) is 0 Å². The molecule has 2 aromatic rings. The minimum Gasteiger partial charge on any atom is -0.755 e. The molecule has 0 bridgehead atoms. The summed E-state index contributed by atoms with van der Waals surface area (Å²) in [5.41, 5.74) is 0.408. The Labute approximate surface area is 181 Å².